The number of likely N-dealkylation sites (N-methyl/N-ethyl adjacent to an activating group) is 1. The van der Waals surface area contributed by atoms with Gasteiger partial charge >= 0.3 is 0 Å². The van der Waals surface area contributed by atoms with E-state index in [4.69, 9.17) is 0 Å². The lowest BCUT2D eigenvalue weighted by atomic mass is 10.0. The van der Waals surface area contributed by atoms with E-state index in [1.54, 1.807) is 11.3 Å². The molecule has 0 unspecified atom stereocenters. The molecule has 3 rings (SSSR count). The molecule has 1 aliphatic carbocycles. The van der Waals surface area contributed by atoms with E-state index in [9.17, 15) is 5.11 Å². The van der Waals surface area contributed by atoms with Gasteiger partial charge < -0.3 is 10.0 Å². The molecule has 4 nitrogen and oxygen atoms in total. The van der Waals surface area contributed by atoms with Gasteiger partial charge in [0, 0.05) is 20.0 Å². The average Bonchev–Trinajstić information content (AvgIpc) is 3.05. The predicted octanol–water partition coefficient (Wildman–Crippen LogP) is 3.00. The van der Waals surface area contributed by atoms with Crippen LogP contribution in [0.2, 0.25) is 0 Å². The summed E-state index contributed by atoms with van der Waals surface area (Å²) in [4.78, 5) is 12.4. The molecule has 0 amide bonds. The molecular weight excluding hydrogens is 270 g/mol. The van der Waals surface area contributed by atoms with Crippen LogP contribution in [0.1, 0.15) is 38.4 Å². The number of rotatable bonds is 4. The van der Waals surface area contributed by atoms with Gasteiger partial charge in [-0.2, -0.15) is 0 Å². The van der Waals surface area contributed by atoms with Crippen molar-refractivity contribution in [1.82, 2.24) is 9.97 Å². The Hall–Kier alpha value is -1.20. The molecule has 0 saturated heterocycles. The van der Waals surface area contributed by atoms with Gasteiger partial charge in [0.25, 0.3) is 0 Å². The van der Waals surface area contributed by atoms with Crippen LogP contribution < -0.4 is 4.90 Å². The topological polar surface area (TPSA) is 49.2 Å². The highest BCUT2D eigenvalue weighted by molar-refractivity contribution is 7.16. The summed E-state index contributed by atoms with van der Waals surface area (Å²) in [7, 11) is 2.02. The highest BCUT2D eigenvalue weighted by Crippen LogP contribution is 2.33. The van der Waals surface area contributed by atoms with E-state index >= 15 is 0 Å². The van der Waals surface area contributed by atoms with Crippen molar-refractivity contribution < 1.29 is 5.11 Å². The third kappa shape index (κ3) is 2.52. The molecule has 0 bridgehead atoms. The van der Waals surface area contributed by atoms with Crippen LogP contribution in [0, 0.1) is 0 Å². The van der Waals surface area contributed by atoms with Crippen molar-refractivity contribution in [3.8, 4) is 0 Å². The van der Waals surface area contributed by atoms with Crippen LogP contribution in [0.3, 0.4) is 0 Å². The van der Waals surface area contributed by atoms with Crippen molar-refractivity contribution in [2.45, 2.75) is 44.6 Å². The van der Waals surface area contributed by atoms with E-state index in [0.29, 0.717) is 6.54 Å². The molecule has 0 aliphatic heterocycles. The molecule has 1 N–H and O–H groups in total. The quantitative estimate of drug-likeness (QED) is 0.941. The first-order chi connectivity index (χ1) is 9.61. The lowest BCUT2D eigenvalue weighted by molar-refractivity contribution is 0.0558. The number of thiophene rings is 1. The number of hydrogen-bond acceptors (Lipinski definition) is 5. The number of hydrogen-bond donors (Lipinski definition) is 1. The van der Waals surface area contributed by atoms with Gasteiger partial charge in [0.15, 0.2) is 0 Å². The Kier molecular flexibility index (Phi) is 3.65. The predicted molar refractivity (Wildman–Crippen MR) is 83.5 cm³/mol. The molecule has 0 radical (unpaired) electrons. The largest absolute Gasteiger partial charge is 0.388 e. The average molecular weight is 291 g/mol. The Labute approximate surface area is 123 Å². The Morgan fingerprint density at radius 1 is 1.35 bits per heavy atom. The summed E-state index contributed by atoms with van der Waals surface area (Å²) in [5, 5.41) is 13.7. The van der Waals surface area contributed by atoms with Gasteiger partial charge in [0.2, 0.25) is 0 Å². The molecule has 1 saturated carbocycles. The second kappa shape index (κ2) is 5.30. The molecule has 5 heteroatoms. The third-order valence-electron chi connectivity index (χ3n) is 4.09. The highest BCUT2D eigenvalue weighted by Gasteiger charge is 2.33. The zero-order valence-electron chi connectivity index (χ0n) is 12.1. The molecule has 0 atom stereocenters. The van der Waals surface area contributed by atoms with Crippen LogP contribution in [0.4, 0.5) is 5.82 Å². The van der Waals surface area contributed by atoms with Crippen molar-refractivity contribution >= 4 is 27.4 Å². The standard InChI is InChI=1S/C15H21N3OS/c1-3-12-16-13(11-6-9-20-14(11)17-12)18(2)10-15(19)7-4-5-8-15/h6,9,19H,3-5,7-8,10H2,1-2H3. The first-order valence-electron chi connectivity index (χ1n) is 7.29. The second-order valence-corrected chi connectivity index (χ2v) is 6.64. The molecule has 0 aromatic carbocycles. The van der Waals surface area contributed by atoms with Crippen LogP contribution in [0.25, 0.3) is 10.2 Å². The maximum absolute atomic E-state index is 10.6. The van der Waals surface area contributed by atoms with Gasteiger partial charge in [-0.25, -0.2) is 9.97 Å². The van der Waals surface area contributed by atoms with E-state index in [0.717, 1.165) is 54.0 Å². The van der Waals surface area contributed by atoms with E-state index in [1.807, 2.05) is 7.05 Å². The monoisotopic (exact) mass is 291 g/mol. The number of anilines is 1. The first kappa shape index (κ1) is 13.8. The van der Waals surface area contributed by atoms with Crippen LogP contribution in [-0.2, 0) is 6.42 Å². The number of fused-ring (bicyclic) bond motifs is 1. The Balaban J connectivity index is 1.93. The van der Waals surface area contributed by atoms with Crippen LogP contribution in [0.15, 0.2) is 11.4 Å². The van der Waals surface area contributed by atoms with Crippen molar-refractivity contribution in [2.75, 3.05) is 18.5 Å². The van der Waals surface area contributed by atoms with Crippen LogP contribution in [-0.4, -0.2) is 34.3 Å². The summed E-state index contributed by atoms with van der Waals surface area (Å²) in [6, 6.07) is 2.07. The fourth-order valence-corrected chi connectivity index (χ4v) is 3.82. The fraction of sp³-hybridized carbons (Fsp3) is 0.600. The summed E-state index contributed by atoms with van der Waals surface area (Å²) < 4.78 is 0. The maximum atomic E-state index is 10.6. The summed E-state index contributed by atoms with van der Waals surface area (Å²) in [5.41, 5.74) is -0.547. The van der Waals surface area contributed by atoms with Gasteiger partial charge in [-0.15, -0.1) is 11.3 Å². The molecule has 1 fully saturated rings. The maximum Gasteiger partial charge on any atom is 0.140 e. The van der Waals surface area contributed by atoms with Crippen LogP contribution in [0.5, 0.6) is 0 Å². The minimum Gasteiger partial charge on any atom is -0.388 e. The van der Waals surface area contributed by atoms with Gasteiger partial charge in [-0.05, 0) is 24.3 Å². The highest BCUT2D eigenvalue weighted by atomic mass is 32.1. The molecule has 20 heavy (non-hydrogen) atoms. The van der Waals surface area contributed by atoms with E-state index in [2.05, 4.69) is 33.2 Å². The molecular formula is C15H21N3OS. The minimum absolute atomic E-state index is 0.547. The smallest absolute Gasteiger partial charge is 0.140 e. The Bertz CT molecular complexity index is 604. The first-order valence-corrected chi connectivity index (χ1v) is 8.17. The fourth-order valence-electron chi connectivity index (χ4n) is 3.04. The summed E-state index contributed by atoms with van der Waals surface area (Å²) in [6.45, 7) is 2.72. The second-order valence-electron chi connectivity index (χ2n) is 5.74. The Morgan fingerprint density at radius 3 is 2.80 bits per heavy atom. The van der Waals surface area contributed by atoms with Crippen molar-refractivity contribution in [1.29, 1.82) is 0 Å². The lowest BCUT2D eigenvalue weighted by Gasteiger charge is -2.29. The van der Waals surface area contributed by atoms with Crippen molar-refractivity contribution in [2.24, 2.45) is 0 Å². The van der Waals surface area contributed by atoms with Gasteiger partial charge in [0.05, 0.1) is 11.0 Å². The minimum atomic E-state index is -0.547. The SMILES string of the molecule is CCc1nc(N(C)CC2(O)CCCC2)c2ccsc2n1. The summed E-state index contributed by atoms with van der Waals surface area (Å²) in [6.07, 6.45) is 4.88. The van der Waals surface area contributed by atoms with E-state index in [1.165, 1.54) is 0 Å². The summed E-state index contributed by atoms with van der Waals surface area (Å²) in [5.74, 6) is 1.83. The third-order valence-corrected chi connectivity index (χ3v) is 4.90. The molecule has 0 spiro atoms. The zero-order chi connectivity index (χ0) is 14.2. The molecule has 108 valence electrons. The molecule has 2 aromatic heterocycles. The van der Waals surface area contributed by atoms with Gasteiger partial charge in [0.1, 0.15) is 16.5 Å². The molecule has 1 aliphatic rings. The number of aliphatic hydroxyl groups is 1. The van der Waals surface area contributed by atoms with E-state index < -0.39 is 5.60 Å². The van der Waals surface area contributed by atoms with Gasteiger partial charge in [-0.3, -0.25) is 0 Å². The lowest BCUT2D eigenvalue weighted by Crippen LogP contribution is -2.39. The Morgan fingerprint density at radius 2 is 2.10 bits per heavy atom. The van der Waals surface area contributed by atoms with Crippen molar-refractivity contribution in [3.05, 3.63) is 17.3 Å². The van der Waals surface area contributed by atoms with E-state index in [-0.39, 0.29) is 0 Å². The van der Waals surface area contributed by atoms with Gasteiger partial charge in [-0.1, -0.05) is 19.8 Å². The number of aryl methyl sites for hydroxylation is 1. The number of aromatic nitrogens is 2. The van der Waals surface area contributed by atoms with Crippen molar-refractivity contribution in [3.63, 3.8) is 0 Å². The summed E-state index contributed by atoms with van der Waals surface area (Å²) >= 11 is 1.65. The molecule has 2 aromatic rings. The molecule has 2 heterocycles. The number of nitrogens with zero attached hydrogens (tertiary/aromatic N) is 3. The zero-order valence-corrected chi connectivity index (χ0v) is 12.9. The van der Waals surface area contributed by atoms with Crippen LogP contribution >= 0.6 is 11.3 Å². The normalized spacial score (nSPS) is 17.8.